The van der Waals surface area contributed by atoms with Crippen LogP contribution in [0.4, 0.5) is 0 Å². The van der Waals surface area contributed by atoms with Crippen LogP contribution in [0, 0.1) is 0 Å². The van der Waals surface area contributed by atoms with Gasteiger partial charge in [-0.15, -0.1) is 0 Å². The van der Waals surface area contributed by atoms with Crippen molar-refractivity contribution in [3.8, 4) is 5.75 Å². The van der Waals surface area contributed by atoms with Gasteiger partial charge in [0.25, 0.3) is 0 Å². The number of halogens is 1. The van der Waals surface area contributed by atoms with E-state index in [2.05, 4.69) is 4.72 Å². The minimum atomic E-state index is -3.78. The molecule has 0 aliphatic rings. The maximum atomic E-state index is 13.0. The number of aromatic nitrogens is 1. The second-order valence-corrected chi connectivity index (χ2v) is 10.5. The first-order valence-electron chi connectivity index (χ1n) is 9.81. The molecule has 0 spiro atoms. The standard InChI is InChI=1S/C23H21ClN2O4S2/c1-15(17-5-9-19(30-2)10-6-17)25-32(28,29)20-11-12-21-22(13-20)31-23(27)26(21)14-16-3-7-18(24)8-4-16/h3-13,15,25H,14H2,1-2H3/t15-/m1/s1. The zero-order valence-electron chi connectivity index (χ0n) is 17.4. The molecular formula is C23H21ClN2O4S2. The topological polar surface area (TPSA) is 77.4 Å². The van der Waals surface area contributed by atoms with Crippen LogP contribution in [0.2, 0.25) is 5.02 Å². The molecule has 0 unspecified atom stereocenters. The van der Waals surface area contributed by atoms with Crippen molar-refractivity contribution in [1.29, 1.82) is 0 Å². The number of methoxy groups -OCH3 is 1. The number of sulfonamides is 1. The molecular weight excluding hydrogens is 468 g/mol. The van der Waals surface area contributed by atoms with E-state index in [0.717, 1.165) is 22.5 Å². The van der Waals surface area contributed by atoms with E-state index < -0.39 is 16.1 Å². The molecule has 0 bridgehead atoms. The number of rotatable bonds is 7. The molecule has 4 rings (SSSR count). The van der Waals surface area contributed by atoms with Crippen molar-refractivity contribution in [2.24, 2.45) is 0 Å². The van der Waals surface area contributed by atoms with Crippen LogP contribution in [0.15, 0.2) is 76.4 Å². The van der Waals surface area contributed by atoms with Crippen molar-refractivity contribution in [3.05, 3.63) is 92.5 Å². The fraction of sp³-hybridized carbons (Fsp3) is 0.174. The average molecular weight is 489 g/mol. The first-order chi connectivity index (χ1) is 15.3. The summed E-state index contributed by atoms with van der Waals surface area (Å²) in [4.78, 5) is 12.5. The molecule has 4 aromatic rings. The Morgan fingerprint density at radius 3 is 2.41 bits per heavy atom. The predicted octanol–water partition coefficient (Wildman–Crippen LogP) is 4.81. The van der Waals surface area contributed by atoms with Crippen LogP contribution >= 0.6 is 22.9 Å². The maximum Gasteiger partial charge on any atom is 0.308 e. The number of fused-ring (bicyclic) bond motifs is 1. The Bertz CT molecular complexity index is 1410. The monoisotopic (exact) mass is 488 g/mol. The first kappa shape index (κ1) is 22.5. The number of nitrogens with zero attached hydrogens (tertiary/aromatic N) is 1. The lowest BCUT2D eigenvalue weighted by molar-refractivity contribution is 0.414. The molecule has 3 aromatic carbocycles. The zero-order valence-corrected chi connectivity index (χ0v) is 19.8. The summed E-state index contributed by atoms with van der Waals surface area (Å²) < 4.78 is 36.0. The highest BCUT2D eigenvalue weighted by Crippen LogP contribution is 2.25. The van der Waals surface area contributed by atoms with Crippen LogP contribution < -0.4 is 14.3 Å². The molecule has 0 radical (unpaired) electrons. The Labute approximate surface area is 195 Å². The largest absolute Gasteiger partial charge is 0.497 e. The molecule has 166 valence electrons. The van der Waals surface area contributed by atoms with Crippen LogP contribution in [-0.2, 0) is 16.6 Å². The molecule has 1 atom stereocenters. The van der Waals surface area contributed by atoms with Gasteiger partial charge in [0, 0.05) is 11.1 Å². The smallest absolute Gasteiger partial charge is 0.308 e. The van der Waals surface area contributed by atoms with Gasteiger partial charge >= 0.3 is 4.87 Å². The average Bonchev–Trinajstić information content (AvgIpc) is 3.09. The lowest BCUT2D eigenvalue weighted by Gasteiger charge is -2.15. The van der Waals surface area contributed by atoms with Gasteiger partial charge in [-0.25, -0.2) is 13.1 Å². The molecule has 1 N–H and O–H groups in total. The molecule has 6 nitrogen and oxygen atoms in total. The van der Waals surface area contributed by atoms with E-state index in [1.165, 1.54) is 6.07 Å². The van der Waals surface area contributed by atoms with Gasteiger partial charge in [-0.3, -0.25) is 9.36 Å². The summed E-state index contributed by atoms with van der Waals surface area (Å²) in [6.45, 7) is 2.16. The molecule has 9 heteroatoms. The van der Waals surface area contributed by atoms with Gasteiger partial charge in [0.1, 0.15) is 5.75 Å². The van der Waals surface area contributed by atoms with Gasteiger partial charge in [0.05, 0.1) is 28.8 Å². The summed E-state index contributed by atoms with van der Waals surface area (Å²) in [6.07, 6.45) is 0. The molecule has 0 amide bonds. The normalized spacial score (nSPS) is 12.7. The SMILES string of the molecule is COc1ccc([C@@H](C)NS(=O)(=O)c2ccc3c(c2)sc(=O)n3Cc2ccc(Cl)cc2)cc1. The summed E-state index contributed by atoms with van der Waals surface area (Å²) >= 11 is 6.96. The number of hydrogen-bond acceptors (Lipinski definition) is 5. The molecule has 1 heterocycles. The third-order valence-corrected chi connectivity index (χ3v) is 7.88. The fourth-order valence-corrected chi connectivity index (χ4v) is 5.79. The van der Waals surface area contributed by atoms with Gasteiger partial charge in [-0.2, -0.15) is 0 Å². The Balaban J connectivity index is 1.60. The summed E-state index contributed by atoms with van der Waals surface area (Å²) in [5, 5.41) is 0.627. The van der Waals surface area contributed by atoms with Gasteiger partial charge in [0.2, 0.25) is 10.0 Å². The van der Waals surface area contributed by atoms with Crippen molar-refractivity contribution in [1.82, 2.24) is 9.29 Å². The van der Waals surface area contributed by atoms with Gasteiger partial charge < -0.3 is 4.74 Å². The quantitative estimate of drug-likeness (QED) is 0.405. The van der Waals surface area contributed by atoms with E-state index >= 15 is 0 Å². The van der Waals surface area contributed by atoms with Crippen LogP contribution in [0.1, 0.15) is 24.1 Å². The highest BCUT2D eigenvalue weighted by molar-refractivity contribution is 7.89. The van der Waals surface area contributed by atoms with Crippen molar-refractivity contribution in [3.63, 3.8) is 0 Å². The van der Waals surface area contributed by atoms with Crippen molar-refractivity contribution in [2.75, 3.05) is 7.11 Å². The third kappa shape index (κ3) is 4.73. The lowest BCUT2D eigenvalue weighted by Crippen LogP contribution is -2.26. The number of hydrogen-bond donors (Lipinski definition) is 1. The second kappa shape index (κ2) is 9.07. The molecule has 0 aliphatic heterocycles. The summed E-state index contributed by atoms with van der Waals surface area (Å²) in [6, 6.07) is 18.8. The number of thiazole rings is 1. The third-order valence-electron chi connectivity index (χ3n) is 5.15. The van der Waals surface area contributed by atoms with Crippen molar-refractivity contribution < 1.29 is 13.2 Å². The minimum absolute atomic E-state index is 0.116. The van der Waals surface area contributed by atoms with Crippen LogP contribution in [-0.4, -0.2) is 20.1 Å². The number of ether oxygens (including phenoxy) is 1. The Morgan fingerprint density at radius 1 is 1.06 bits per heavy atom. The van der Waals surface area contributed by atoms with Gasteiger partial charge in [-0.1, -0.05) is 47.2 Å². The highest BCUT2D eigenvalue weighted by Gasteiger charge is 2.20. The van der Waals surface area contributed by atoms with Gasteiger partial charge in [-0.05, 0) is 60.5 Å². The first-order valence-corrected chi connectivity index (χ1v) is 12.5. The predicted molar refractivity (Wildman–Crippen MR) is 128 cm³/mol. The van der Waals surface area contributed by atoms with E-state index in [-0.39, 0.29) is 9.77 Å². The van der Waals surface area contributed by atoms with Crippen molar-refractivity contribution in [2.45, 2.75) is 24.4 Å². The van der Waals surface area contributed by atoms with Crippen LogP contribution in [0.25, 0.3) is 10.2 Å². The maximum absolute atomic E-state index is 13.0. The molecule has 32 heavy (non-hydrogen) atoms. The number of nitrogens with one attached hydrogen (secondary N) is 1. The molecule has 0 aliphatic carbocycles. The molecule has 0 saturated carbocycles. The Morgan fingerprint density at radius 2 is 1.75 bits per heavy atom. The molecule has 0 fully saturated rings. The van der Waals surface area contributed by atoms with Crippen LogP contribution in [0.3, 0.4) is 0 Å². The minimum Gasteiger partial charge on any atom is -0.497 e. The Hall–Kier alpha value is -2.65. The summed E-state index contributed by atoms with van der Waals surface area (Å²) in [5.41, 5.74) is 2.44. The lowest BCUT2D eigenvalue weighted by atomic mass is 10.1. The van der Waals surface area contributed by atoms with Gasteiger partial charge in [0.15, 0.2) is 0 Å². The van der Waals surface area contributed by atoms with Crippen molar-refractivity contribution >= 4 is 43.2 Å². The fourth-order valence-electron chi connectivity index (χ4n) is 3.40. The van der Waals surface area contributed by atoms with E-state index in [4.69, 9.17) is 16.3 Å². The highest BCUT2D eigenvalue weighted by atomic mass is 35.5. The van der Waals surface area contributed by atoms with E-state index in [1.807, 2.05) is 24.3 Å². The van der Waals surface area contributed by atoms with E-state index in [0.29, 0.717) is 27.5 Å². The zero-order chi connectivity index (χ0) is 22.9. The van der Waals surface area contributed by atoms with Crippen LogP contribution in [0.5, 0.6) is 5.75 Å². The molecule has 0 saturated heterocycles. The van der Waals surface area contributed by atoms with E-state index in [1.54, 1.807) is 55.0 Å². The Kier molecular flexibility index (Phi) is 6.39. The molecule has 1 aromatic heterocycles. The summed E-state index contributed by atoms with van der Waals surface area (Å²) in [7, 11) is -2.20. The second-order valence-electron chi connectivity index (χ2n) is 7.33. The number of benzene rings is 3. The van der Waals surface area contributed by atoms with E-state index in [9.17, 15) is 13.2 Å². The summed E-state index contributed by atoms with van der Waals surface area (Å²) in [5.74, 6) is 0.701.